The van der Waals surface area contributed by atoms with Crippen molar-refractivity contribution in [1.82, 2.24) is 15.2 Å². The largest absolute Gasteiger partial charge is 0.456 e. The molecule has 1 aromatic rings. The van der Waals surface area contributed by atoms with E-state index in [1.807, 2.05) is 13.0 Å². The maximum Gasteiger partial charge on any atom is 0.326 e. The summed E-state index contributed by atoms with van der Waals surface area (Å²) >= 11 is 1.18. The summed E-state index contributed by atoms with van der Waals surface area (Å²) < 4.78 is 4.94. The van der Waals surface area contributed by atoms with Crippen molar-refractivity contribution in [2.24, 2.45) is 5.92 Å². The van der Waals surface area contributed by atoms with Crippen molar-refractivity contribution in [1.29, 1.82) is 5.26 Å². The van der Waals surface area contributed by atoms with Gasteiger partial charge in [0.2, 0.25) is 0 Å². The molecular weight excluding hydrogens is 396 g/mol. The molecule has 1 aromatic heterocycles. The fraction of sp³-hybridized carbons (Fsp3) is 0.579. The van der Waals surface area contributed by atoms with Crippen LogP contribution in [0, 0.1) is 24.2 Å². The number of nitriles is 1. The SMILES string of the molecule is Cc1csc([C@H](C#N)C(=O)COC(=O)CN2C(=O)N[C@]3(CCCC[C@@H]3C)C2=O)n1. The molecule has 1 N–H and O–H groups in total. The van der Waals surface area contributed by atoms with E-state index >= 15 is 0 Å². The third-order valence-electron chi connectivity index (χ3n) is 5.50. The van der Waals surface area contributed by atoms with Gasteiger partial charge in [0.25, 0.3) is 5.91 Å². The van der Waals surface area contributed by atoms with Gasteiger partial charge in [0.15, 0.2) is 18.3 Å². The fourth-order valence-electron chi connectivity index (χ4n) is 3.82. The topological polar surface area (TPSA) is 129 Å². The number of esters is 1. The molecule has 0 unspecified atom stereocenters. The second-order valence-electron chi connectivity index (χ2n) is 7.46. The van der Waals surface area contributed by atoms with E-state index in [2.05, 4.69) is 10.3 Å². The van der Waals surface area contributed by atoms with E-state index in [9.17, 15) is 24.4 Å². The molecule has 1 saturated carbocycles. The maximum absolute atomic E-state index is 12.8. The third-order valence-corrected chi connectivity index (χ3v) is 6.53. The molecule has 1 spiro atoms. The Morgan fingerprint density at radius 1 is 1.48 bits per heavy atom. The van der Waals surface area contributed by atoms with Crippen molar-refractivity contribution in [3.05, 3.63) is 16.1 Å². The molecule has 2 aliphatic rings. The van der Waals surface area contributed by atoms with Gasteiger partial charge in [-0.05, 0) is 25.7 Å². The summed E-state index contributed by atoms with van der Waals surface area (Å²) in [6, 6.07) is 1.24. The number of ketones is 1. The van der Waals surface area contributed by atoms with Gasteiger partial charge in [0.05, 0.1) is 6.07 Å². The number of rotatable bonds is 6. The Kier molecular flexibility index (Phi) is 5.98. The van der Waals surface area contributed by atoms with Crippen LogP contribution in [-0.2, 0) is 19.1 Å². The summed E-state index contributed by atoms with van der Waals surface area (Å²) in [5.41, 5.74) is -0.264. The van der Waals surface area contributed by atoms with Gasteiger partial charge < -0.3 is 10.1 Å². The zero-order valence-electron chi connectivity index (χ0n) is 16.3. The van der Waals surface area contributed by atoms with Crippen molar-refractivity contribution in [2.75, 3.05) is 13.2 Å². The normalized spacial score (nSPS) is 24.9. The lowest BCUT2D eigenvalue weighted by molar-refractivity contribution is -0.151. The Morgan fingerprint density at radius 2 is 2.24 bits per heavy atom. The average molecular weight is 418 g/mol. The lowest BCUT2D eigenvalue weighted by atomic mass is 9.73. The minimum atomic E-state index is -1.12. The standard InChI is InChI=1S/C19H22N4O5S/c1-11-5-3-4-6-19(11)17(26)23(18(27)22-19)8-15(25)28-9-14(24)13(7-20)16-21-12(2)10-29-16/h10-11,13H,3-6,8-9H2,1-2H3,(H,22,27)/t11-,13+,19-/m0/s1. The number of carbonyl (C=O) groups is 4. The molecular formula is C19H22N4O5S. The minimum absolute atomic E-state index is 0.0200. The van der Waals surface area contributed by atoms with E-state index < -0.39 is 48.3 Å². The molecule has 3 amide bonds. The van der Waals surface area contributed by atoms with Gasteiger partial charge in [-0.15, -0.1) is 11.3 Å². The van der Waals surface area contributed by atoms with E-state index in [4.69, 9.17) is 4.74 Å². The van der Waals surface area contributed by atoms with E-state index in [1.54, 1.807) is 12.3 Å². The molecule has 29 heavy (non-hydrogen) atoms. The van der Waals surface area contributed by atoms with Crippen molar-refractivity contribution in [3.63, 3.8) is 0 Å². The van der Waals surface area contributed by atoms with Crippen LogP contribution in [0.1, 0.15) is 49.2 Å². The highest BCUT2D eigenvalue weighted by Crippen LogP contribution is 2.38. The monoisotopic (exact) mass is 418 g/mol. The second-order valence-corrected chi connectivity index (χ2v) is 8.35. The maximum atomic E-state index is 12.8. The van der Waals surface area contributed by atoms with Crippen molar-refractivity contribution in [2.45, 2.75) is 51.0 Å². The minimum Gasteiger partial charge on any atom is -0.456 e. The van der Waals surface area contributed by atoms with Gasteiger partial charge in [-0.1, -0.05) is 19.8 Å². The average Bonchev–Trinajstić information content (AvgIpc) is 3.20. The molecule has 1 aliphatic heterocycles. The van der Waals surface area contributed by atoms with Crippen LogP contribution in [-0.4, -0.2) is 52.3 Å². The predicted octanol–water partition coefficient (Wildman–Crippen LogP) is 1.67. The lowest BCUT2D eigenvalue weighted by Crippen LogP contribution is -2.54. The van der Waals surface area contributed by atoms with Crippen LogP contribution >= 0.6 is 11.3 Å². The zero-order valence-corrected chi connectivity index (χ0v) is 17.1. The first kappa shape index (κ1) is 20.9. The zero-order chi connectivity index (χ0) is 21.2. The number of ether oxygens (including phenoxy) is 1. The number of urea groups is 1. The number of nitrogens with zero attached hydrogens (tertiary/aromatic N) is 3. The van der Waals surface area contributed by atoms with Crippen LogP contribution in [0.15, 0.2) is 5.38 Å². The number of aryl methyl sites for hydroxylation is 1. The quantitative estimate of drug-likeness (QED) is 0.549. The molecule has 2 heterocycles. The van der Waals surface area contributed by atoms with Gasteiger partial charge in [0, 0.05) is 11.1 Å². The fourth-order valence-corrected chi connectivity index (χ4v) is 4.68. The van der Waals surface area contributed by atoms with Crippen LogP contribution < -0.4 is 5.32 Å². The van der Waals surface area contributed by atoms with Crippen LogP contribution in [0.3, 0.4) is 0 Å². The number of thiazole rings is 1. The van der Waals surface area contributed by atoms with E-state index in [0.29, 0.717) is 17.1 Å². The molecule has 1 saturated heterocycles. The Balaban J connectivity index is 1.58. The lowest BCUT2D eigenvalue weighted by Gasteiger charge is -2.36. The predicted molar refractivity (Wildman–Crippen MR) is 102 cm³/mol. The highest BCUT2D eigenvalue weighted by molar-refractivity contribution is 7.09. The van der Waals surface area contributed by atoms with Crippen molar-refractivity contribution < 1.29 is 23.9 Å². The molecule has 154 valence electrons. The molecule has 3 atom stereocenters. The molecule has 3 rings (SSSR count). The molecule has 10 heteroatoms. The number of hydrogen-bond acceptors (Lipinski definition) is 8. The smallest absolute Gasteiger partial charge is 0.326 e. The molecule has 2 fully saturated rings. The molecule has 0 radical (unpaired) electrons. The highest BCUT2D eigenvalue weighted by Gasteiger charge is 2.55. The summed E-state index contributed by atoms with van der Waals surface area (Å²) in [6.07, 6.45) is 3.19. The van der Waals surface area contributed by atoms with Gasteiger partial charge in [0.1, 0.15) is 17.1 Å². The summed E-state index contributed by atoms with van der Waals surface area (Å²) in [5.74, 6) is -3.05. The Hall–Kier alpha value is -2.80. The van der Waals surface area contributed by atoms with Gasteiger partial charge in [-0.3, -0.25) is 19.3 Å². The number of carbonyl (C=O) groups excluding carboxylic acids is 4. The number of amides is 3. The molecule has 1 aliphatic carbocycles. The number of nitrogens with one attached hydrogen (secondary N) is 1. The van der Waals surface area contributed by atoms with Crippen LogP contribution in [0.4, 0.5) is 4.79 Å². The number of hydrogen-bond donors (Lipinski definition) is 1. The Morgan fingerprint density at radius 3 is 2.86 bits per heavy atom. The van der Waals surface area contributed by atoms with Gasteiger partial charge in [-0.25, -0.2) is 9.78 Å². The molecule has 0 aromatic carbocycles. The number of Topliss-reactive ketones (excluding diaryl/α,β-unsaturated/α-hetero) is 1. The Bertz CT molecular complexity index is 891. The number of imide groups is 1. The van der Waals surface area contributed by atoms with Crippen LogP contribution in [0.25, 0.3) is 0 Å². The van der Waals surface area contributed by atoms with Crippen LogP contribution in [0.5, 0.6) is 0 Å². The van der Waals surface area contributed by atoms with E-state index in [1.165, 1.54) is 11.3 Å². The summed E-state index contributed by atoms with van der Waals surface area (Å²) in [6.45, 7) is 2.47. The van der Waals surface area contributed by atoms with Gasteiger partial charge in [-0.2, -0.15) is 5.26 Å². The second kappa shape index (κ2) is 8.29. The van der Waals surface area contributed by atoms with Crippen molar-refractivity contribution in [3.8, 4) is 6.07 Å². The first-order chi connectivity index (χ1) is 13.8. The molecule has 0 bridgehead atoms. The number of aromatic nitrogens is 1. The third kappa shape index (κ3) is 4.00. The summed E-state index contributed by atoms with van der Waals surface area (Å²) in [7, 11) is 0. The van der Waals surface area contributed by atoms with Crippen LogP contribution in [0.2, 0.25) is 0 Å². The van der Waals surface area contributed by atoms with E-state index in [0.717, 1.165) is 24.2 Å². The summed E-state index contributed by atoms with van der Waals surface area (Å²) in [5, 5.41) is 14.1. The summed E-state index contributed by atoms with van der Waals surface area (Å²) in [4.78, 5) is 54.5. The first-order valence-electron chi connectivity index (χ1n) is 9.42. The van der Waals surface area contributed by atoms with E-state index in [-0.39, 0.29) is 5.92 Å². The highest BCUT2D eigenvalue weighted by atomic mass is 32.1. The van der Waals surface area contributed by atoms with Crippen molar-refractivity contribution >= 4 is 35.0 Å². The van der Waals surface area contributed by atoms with Gasteiger partial charge >= 0.3 is 12.0 Å². The first-order valence-corrected chi connectivity index (χ1v) is 10.3. The Labute approximate surface area is 172 Å². The molecule has 9 nitrogen and oxygen atoms in total.